The van der Waals surface area contributed by atoms with E-state index in [2.05, 4.69) is 109 Å². The lowest BCUT2D eigenvalue weighted by atomic mass is 10.4. The van der Waals surface area contributed by atoms with Crippen LogP contribution in [0.3, 0.4) is 0 Å². The van der Waals surface area contributed by atoms with Crippen molar-refractivity contribution in [3.63, 3.8) is 0 Å². The van der Waals surface area contributed by atoms with Gasteiger partial charge in [0.1, 0.15) is 0 Å². The molecule has 166 valence electrons. The number of carbonyl (C=O) groups excluding carboxylic acids is 1. The van der Waals surface area contributed by atoms with Crippen LogP contribution in [0, 0.1) is 0 Å². The fourth-order valence-corrected chi connectivity index (χ4v) is 11.2. The molecule has 0 unspecified atom stereocenters. The molecule has 4 rings (SSSR count). The number of esters is 1. The van der Waals surface area contributed by atoms with Crippen LogP contribution in [0.4, 0.5) is 0 Å². The maximum Gasteiger partial charge on any atom is 0.331 e. The van der Waals surface area contributed by atoms with E-state index in [1.54, 1.807) is 0 Å². The molecule has 0 spiro atoms. The van der Waals surface area contributed by atoms with Gasteiger partial charge >= 0.3 is 5.97 Å². The zero-order valence-corrected chi connectivity index (χ0v) is 20.5. The normalized spacial score (nSPS) is 11.2. The summed E-state index contributed by atoms with van der Waals surface area (Å²) in [6.45, 7) is -2.15. The van der Waals surface area contributed by atoms with Crippen LogP contribution in [-0.2, 0) is 9.53 Å². The highest BCUT2D eigenvalue weighted by Crippen LogP contribution is 2.48. The van der Waals surface area contributed by atoms with E-state index in [9.17, 15) is 4.79 Å². The lowest BCUT2D eigenvalue weighted by molar-refractivity contribution is -0.132. The molecule has 0 amide bonds. The van der Waals surface area contributed by atoms with Gasteiger partial charge in [-0.15, -0.1) is 0 Å². The first kappa shape index (κ1) is 23.2. The first-order valence-corrected chi connectivity index (χ1v) is 14.6. The van der Waals surface area contributed by atoms with Crippen LogP contribution in [0.1, 0.15) is 0 Å². The van der Waals surface area contributed by atoms with Gasteiger partial charge in [0.25, 0.3) is 0 Å². The van der Waals surface area contributed by atoms with Crippen molar-refractivity contribution in [3.05, 3.63) is 121 Å². The largest absolute Gasteiger partial charge is 0.466 e. The molecular weight excluding hydrogens is 442 g/mol. The molecule has 0 saturated carbocycles. The van der Waals surface area contributed by atoms with Crippen molar-refractivity contribution in [2.75, 3.05) is 19.4 Å². The Morgan fingerprint density at radius 2 is 1.09 bits per heavy atom. The molecule has 0 aliphatic heterocycles. The average molecular weight is 470 g/mol. The zero-order valence-electron chi connectivity index (χ0n) is 18.7. The molecule has 2 nitrogen and oxygen atoms in total. The average Bonchev–Trinajstić information content (AvgIpc) is 2.90. The van der Waals surface area contributed by atoms with Crippen molar-refractivity contribution in [2.24, 2.45) is 0 Å². The van der Waals surface area contributed by atoms with Crippen LogP contribution in [0.25, 0.3) is 0 Å². The Morgan fingerprint density at radius 1 is 0.697 bits per heavy atom. The zero-order chi connectivity index (χ0) is 22.9. The molecule has 0 N–H and O–H groups in total. The minimum atomic E-state index is -2.15. The summed E-state index contributed by atoms with van der Waals surface area (Å²) in [6, 6.07) is 42.5. The molecule has 0 bridgehead atoms. The van der Waals surface area contributed by atoms with Gasteiger partial charge in [-0.2, -0.15) is 0 Å². The summed E-state index contributed by atoms with van der Waals surface area (Å²) in [5, 5.41) is 5.13. The third kappa shape index (κ3) is 5.53. The van der Waals surface area contributed by atoms with Crippen molar-refractivity contribution in [2.45, 2.75) is 0 Å². The lowest BCUT2D eigenvalue weighted by Gasteiger charge is -2.30. The Morgan fingerprint density at radius 3 is 1.48 bits per heavy atom. The van der Waals surface area contributed by atoms with Gasteiger partial charge in [-0.3, -0.25) is 0 Å². The van der Waals surface area contributed by atoms with Gasteiger partial charge in [-0.05, 0) is 48.3 Å². The molecule has 0 fully saturated rings. The van der Waals surface area contributed by atoms with Crippen molar-refractivity contribution in [1.29, 1.82) is 0 Å². The molecule has 0 heterocycles. The van der Waals surface area contributed by atoms with Crippen LogP contribution in [0.2, 0.25) is 0 Å². The van der Waals surface area contributed by atoms with E-state index in [1.807, 2.05) is 17.9 Å². The number of carbonyl (C=O) groups is 1. The Bertz CT molecular complexity index is 1120. The summed E-state index contributed by atoms with van der Waals surface area (Å²) in [6.07, 6.45) is 1.88. The van der Waals surface area contributed by atoms with Crippen molar-refractivity contribution >= 4 is 47.8 Å². The molecule has 0 aliphatic rings. The number of hydrogen-bond donors (Lipinski definition) is 0. The van der Waals surface area contributed by atoms with Crippen LogP contribution in [0.15, 0.2) is 121 Å². The number of benzene rings is 4. The highest BCUT2D eigenvalue weighted by molar-refractivity contribution is 7.90. The van der Waals surface area contributed by atoms with Crippen LogP contribution >= 0.6 is 14.8 Å². The van der Waals surface area contributed by atoms with E-state index in [4.69, 9.17) is 4.74 Å². The minimum Gasteiger partial charge on any atom is -0.466 e. The quantitative estimate of drug-likeness (QED) is 0.274. The van der Waals surface area contributed by atoms with Gasteiger partial charge in [-0.1, -0.05) is 121 Å². The number of methoxy groups -OCH3 is 1. The number of ether oxygens (including phenoxy) is 1. The first-order valence-electron chi connectivity index (χ1n) is 11.0. The smallest absolute Gasteiger partial charge is 0.331 e. The highest BCUT2D eigenvalue weighted by atomic mass is 31.2. The molecule has 33 heavy (non-hydrogen) atoms. The van der Waals surface area contributed by atoms with E-state index in [-0.39, 0.29) is 5.97 Å². The second kappa shape index (κ2) is 11.3. The number of rotatable bonds is 8. The van der Waals surface area contributed by atoms with Crippen LogP contribution < -0.4 is 21.2 Å². The van der Waals surface area contributed by atoms with E-state index >= 15 is 0 Å². The molecule has 4 aromatic rings. The highest BCUT2D eigenvalue weighted by Gasteiger charge is 2.26. The second-order valence-electron chi connectivity index (χ2n) is 7.74. The summed E-state index contributed by atoms with van der Waals surface area (Å²) < 4.78 is 5.16. The molecule has 4 aromatic carbocycles. The van der Waals surface area contributed by atoms with Gasteiger partial charge in [0.15, 0.2) is 0 Å². The van der Waals surface area contributed by atoms with Crippen molar-refractivity contribution < 1.29 is 9.53 Å². The first-order chi connectivity index (χ1) is 16.2. The van der Waals surface area contributed by atoms with E-state index in [0.29, 0.717) is 0 Å². The predicted molar refractivity (Wildman–Crippen MR) is 146 cm³/mol. The lowest BCUT2D eigenvalue weighted by Crippen LogP contribution is -2.26. The fourth-order valence-electron chi connectivity index (χ4n) is 4.12. The van der Waals surface area contributed by atoms with E-state index in [1.165, 1.54) is 28.3 Å². The fraction of sp³-hybridized carbons (Fsp3) is 0.103. The molecule has 0 aromatic heterocycles. The summed E-state index contributed by atoms with van der Waals surface area (Å²) >= 11 is 0. The third-order valence-corrected chi connectivity index (χ3v) is 12.7. The van der Waals surface area contributed by atoms with E-state index < -0.39 is 14.8 Å². The third-order valence-electron chi connectivity index (χ3n) is 5.77. The second-order valence-corrected chi connectivity index (χ2v) is 13.6. The van der Waals surface area contributed by atoms with Gasteiger partial charge in [0.2, 0.25) is 0 Å². The summed E-state index contributed by atoms with van der Waals surface area (Å²) in [5.74, 6) is 1.61. The van der Waals surface area contributed by atoms with Gasteiger partial charge in [0.05, 0.1) is 7.11 Å². The standard InChI is InChI=1S/C29H28O2P2/c1-31-29(30)24-33(27-18-10-4-11-19-27,28-20-12-5-13-21-28)23-22-32(25-14-6-2-7-15-25)26-16-8-3-9-17-26/h2-21,24H,22-23H2,1H3. The Kier molecular flexibility index (Phi) is 7.95. The summed E-state index contributed by atoms with van der Waals surface area (Å²) in [4.78, 5) is 12.7. The molecular formula is C29H28O2P2. The van der Waals surface area contributed by atoms with Crippen molar-refractivity contribution in [3.8, 4) is 0 Å². The maximum absolute atomic E-state index is 12.7. The Hall–Kier alpha value is -2.92. The monoisotopic (exact) mass is 470 g/mol. The van der Waals surface area contributed by atoms with Gasteiger partial charge in [-0.25, -0.2) is 4.79 Å². The van der Waals surface area contributed by atoms with E-state index in [0.717, 1.165) is 12.3 Å². The predicted octanol–water partition coefficient (Wildman–Crippen LogP) is 4.76. The Balaban J connectivity index is 1.84. The Labute approximate surface area is 198 Å². The minimum absolute atomic E-state index is 0.264. The molecule has 0 atom stereocenters. The molecule has 4 heteroatoms. The summed E-state index contributed by atoms with van der Waals surface area (Å²) in [5.41, 5.74) is 0. The molecule has 0 radical (unpaired) electrons. The molecule has 0 aliphatic carbocycles. The van der Waals surface area contributed by atoms with Gasteiger partial charge in [0, 0.05) is 5.80 Å². The van der Waals surface area contributed by atoms with Gasteiger partial charge < -0.3 is 4.74 Å². The maximum atomic E-state index is 12.7. The number of hydrogen-bond acceptors (Lipinski definition) is 2. The van der Waals surface area contributed by atoms with Crippen molar-refractivity contribution in [1.82, 2.24) is 0 Å². The molecule has 0 saturated heterocycles. The van der Waals surface area contributed by atoms with Crippen LogP contribution in [0.5, 0.6) is 0 Å². The topological polar surface area (TPSA) is 26.3 Å². The SMILES string of the molecule is COC(=O)C=P(CCP(c1ccccc1)c1ccccc1)(c1ccccc1)c1ccccc1. The van der Waals surface area contributed by atoms with Crippen LogP contribution in [-0.4, -0.2) is 31.2 Å². The summed E-state index contributed by atoms with van der Waals surface area (Å²) in [7, 11) is 0.893.